The van der Waals surface area contributed by atoms with E-state index in [4.69, 9.17) is 5.26 Å². The highest BCUT2D eigenvalue weighted by Crippen LogP contribution is 2.18. The molecule has 2 atom stereocenters. The van der Waals surface area contributed by atoms with Gasteiger partial charge in [0.1, 0.15) is 5.92 Å². The van der Waals surface area contributed by atoms with Crippen molar-refractivity contribution < 1.29 is 0 Å². The number of nitriles is 1. The molecule has 0 amide bonds. The third-order valence-electron chi connectivity index (χ3n) is 1.88. The minimum Gasteiger partial charge on any atom is -0.290 e. The summed E-state index contributed by atoms with van der Waals surface area (Å²) < 4.78 is 0. The second-order valence-corrected chi connectivity index (χ2v) is 2.56. The lowest BCUT2D eigenvalue weighted by Gasteiger charge is -2.21. The largest absolute Gasteiger partial charge is 0.290 e. The molecule has 2 aliphatic rings. The van der Waals surface area contributed by atoms with E-state index in [-0.39, 0.29) is 12.1 Å². The fourth-order valence-corrected chi connectivity index (χ4v) is 1.29. The fraction of sp³-hybridized carbons (Fsp3) is 0.429. The van der Waals surface area contributed by atoms with Gasteiger partial charge in [0.2, 0.25) is 0 Å². The monoisotopic (exact) mass is 148 g/mol. The Balaban J connectivity index is 2.20. The molecule has 0 aromatic rings. The molecular weight excluding hydrogens is 140 g/mol. The first-order chi connectivity index (χ1) is 5.42. The van der Waals surface area contributed by atoms with E-state index >= 15 is 0 Å². The molecule has 0 radical (unpaired) electrons. The standard InChI is InChI=1S/C7H8N4/c8-4-6-5-10-11-3-1-2-9-7(6)11/h1-3,6-7,10H,5H2. The minimum atomic E-state index is -0.0174. The van der Waals surface area contributed by atoms with Crippen molar-refractivity contribution in [1.82, 2.24) is 10.4 Å². The fourth-order valence-electron chi connectivity index (χ4n) is 1.29. The summed E-state index contributed by atoms with van der Waals surface area (Å²) in [6.45, 7) is 0.697. The van der Waals surface area contributed by atoms with Crippen LogP contribution in [-0.2, 0) is 0 Å². The maximum Gasteiger partial charge on any atom is 0.151 e. The Morgan fingerprint density at radius 3 is 3.45 bits per heavy atom. The van der Waals surface area contributed by atoms with Crippen molar-refractivity contribution in [1.29, 1.82) is 5.26 Å². The van der Waals surface area contributed by atoms with E-state index in [2.05, 4.69) is 16.5 Å². The predicted molar refractivity (Wildman–Crippen MR) is 40.4 cm³/mol. The molecule has 2 heterocycles. The molecule has 1 fully saturated rings. The molecule has 4 heteroatoms. The number of hydrogen-bond donors (Lipinski definition) is 1. The highest BCUT2D eigenvalue weighted by molar-refractivity contribution is 5.72. The second kappa shape index (κ2) is 2.36. The van der Waals surface area contributed by atoms with Crippen molar-refractivity contribution in [2.45, 2.75) is 6.17 Å². The van der Waals surface area contributed by atoms with Gasteiger partial charge in [-0.2, -0.15) is 5.26 Å². The predicted octanol–water partition coefficient (Wildman–Crippen LogP) is -0.129. The highest BCUT2D eigenvalue weighted by atomic mass is 15.6. The molecule has 0 saturated carbocycles. The average molecular weight is 148 g/mol. The third-order valence-corrected chi connectivity index (χ3v) is 1.88. The Bertz CT molecular complexity index is 250. The van der Waals surface area contributed by atoms with Gasteiger partial charge in [-0.3, -0.25) is 10.0 Å². The van der Waals surface area contributed by atoms with Gasteiger partial charge < -0.3 is 0 Å². The van der Waals surface area contributed by atoms with E-state index in [1.54, 1.807) is 6.21 Å². The first-order valence-corrected chi connectivity index (χ1v) is 3.53. The van der Waals surface area contributed by atoms with Gasteiger partial charge in [0.05, 0.1) is 6.07 Å². The third kappa shape index (κ3) is 0.900. The molecule has 0 spiro atoms. The van der Waals surface area contributed by atoms with Gasteiger partial charge in [-0.05, 0) is 6.08 Å². The zero-order chi connectivity index (χ0) is 7.68. The van der Waals surface area contributed by atoms with Gasteiger partial charge in [-0.25, -0.2) is 5.43 Å². The van der Waals surface area contributed by atoms with E-state index in [9.17, 15) is 0 Å². The van der Waals surface area contributed by atoms with Crippen LogP contribution in [0.5, 0.6) is 0 Å². The molecule has 4 nitrogen and oxygen atoms in total. The molecule has 0 aliphatic carbocycles. The van der Waals surface area contributed by atoms with Crippen LogP contribution in [-0.4, -0.2) is 23.9 Å². The summed E-state index contributed by atoms with van der Waals surface area (Å²) in [5.41, 5.74) is 3.07. The SMILES string of the molecule is N#CC1CNN2C=CC=NC12. The van der Waals surface area contributed by atoms with Crippen LogP contribution in [0.15, 0.2) is 17.3 Å². The van der Waals surface area contributed by atoms with Gasteiger partial charge in [0.25, 0.3) is 0 Å². The van der Waals surface area contributed by atoms with E-state index in [0.717, 1.165) is 0 Å². The number of aliphatic imine (C=N–C) groups is 1. The molecule has 1 saturated heterocycles. The average Bonchev–Trinajstić information content (AvgIpc) is 2.47. The van der Waals surface area contributed by atoms with Crippen molar-refractivity contribution in [2.75, 3.05) is 6.54 Å². The first kappa shape index (κ1) is 6.38. The van der Waals surface area contributed by atoms with E-state index in [1.807, 2.05) is 17.3 Å². The van der Waals surface area contributed by atoms with Crippen molar-refractivity contribution >= 4 is 6.21 Å². The number of fused-ring (bicyclic) bond motifs is 1. The number of allylic oxidation sites excluding steroid dienone is 1. The van der Waals surface area contributed by atoms with Gasteiger partial charge in [-0.15, -0.1) is 0 Å². The molecule has 2 aliphatic heterocycles. The molecule has 1 N–H and O–H groups in total. The molecule has 11 heavy (non-hydrogen) atoms. The van der Waals surface area contributed by atoms with Crippen molar-refractivity contribution in [3.63, 3.8) is 0 Å². The zero-order valence-corrected chi connectivity index (χ0v) is 5.94. The second-order valence-electron chi connectivity index (χ2n) is 2.56. The van der Waals surface area contributed by atoms with Crippen LogP contribution < -0.4 is 5.43 Å². The highest BCUT2D eigenvalue weighted by Gasteiger charge is 2.32. The zero-order valence-electron chi connectivity index (χ0n) is 5.94. The van der Waals surface area contributed by atoms with Gasteiger partial charge >= 0.3 is 0 Å². The maximum absolute atomic E-state index is 8.69. The Hall–Kier alpha value is -1.34. The summed E-state index contributed by atoms with van der Waals surface area (Å²) in [6.07, 6.45) is 5.47. The van der Waals surface area contributed by atoms with Crippen LogP contribution in [0.3, 0.4) is 0 Å². The topological polar surface area (TPSA) is 51.4 Å². The molecule has 2 unspecified atom stereocenters. The maximum atomic E-state index is 8.69. The van der Waals surface area contributed by atoms with Gasteiger partial charge in [-0.1, -0.05) is 0 Å². The summed E-state index contributed by atoms with van der Waals surface area (Å²) in [7, 11) is 0. The normalized spacial score (nSPS) is 33.5. The van der Waals surface area contributed by atoms with E-state index < -0.39 is 0 Å². The van der Waals surface area contributed by atoms with Crippen LogP contribution in [0.1, 0.15) is 0 Å². The van der Waals surface area contributed by atoms with E-state index in [1.165, 1.54) is 0 Å². The lowest BCUT2D eigenvalue weighted by atomic mass is 10.1. The molecule has 0 aromatic heterocycles. The smallest absolute Gasteiger partial charge is 0.151 e. The summed E-state index contributed by atoms with van der Waals surface area (Å²) in [5, 5.41) is 10.6. The van der Waals surface area contributed by atoms with E-state index in [0.29, 0.717) is 6.54 Å². The quantitative estimate of drug-likeness (QED) is 0.520. The van der Waals surface area contributed by atoms with Crippen molar-refractivity contribution in [3.05, 3.63) is 12.3 Å². The molecule has 0 bridgehead atoms. The van der Waals surface area contributed by atoms with Crippen molar-refractivity contribution in [2.24, 2.45) is 10.9 Å². The molecule has 0 aromatic carbocycles. The lowest BCUT2D eigenvalue weighted by Crippen LogP contribution is -2.33. The lowest BCUT2D eigenvalue weighted by molar-refractivity contribution is 0.269. The number of nitrogens with one attached hydrogen (secondary N) is 1. The Morgan fingerprint density at radius 2 is 2.64 bits per heavy atom. The van der Waals surface area contributed by atoms with Crippen LogP contribution in [0.2, 0.25) is 0 Å². The Kier molecular flexibility index (Phi) is 1.37. The van der Waals surface area contributed by atoms with Gasteiger partial charge in [0.15, 0.2) is 6.17 Å². The van der Waals surface area contributed by atoms with Gasteiger partial charge in [0, 0.05) is 19.0 Å². The number of hydrazine groups is 1. The van der Waals surface area contributed by atoms with Crippen molar-refractivity contribution in [3.8, 4) is 6.07 Å². The van der Waals surface area contributed by atoms with Crippen LogP contribution in [0.4, 0.5) is 0 Å². The number of hydrogen-bond acceptors (Lipinski definition) is 4. The summed E-state index contributed by atoms with van der Waals surface area (Å²) >= 11 is 0. The van der Waals surface area contributed by atoms with Crippen LogP contribution in [0, 0.1) is 17.2 Å². The Labute approximate surface area is 64.8 Å². The first-order valence-electron chi connectivity index (χ1n) is 3.53. The molecule has 2 rings (SSSR count). The summed E-state index contributed by atoms with van der Waals surface area (Å²) in [5.74, 6) is -0.0174. The molecular formula is C7H8N4. The van der Waals surface area contributed by atoms with Crippen LogP contribution in [0.25, 0.3) is 0 Å². The number of rotatable bonds is 0. The number of nitrogens with zero attached hydrogens (tertiary/aromatic N) is 3. The summed E-state index contributed by atoms with van der Waals surface area (Å²) in [6, 6.07) is 2.21. The minimum absolute atomic E-state index is 0.00926. The molecule has 56 valence electrons. The Morgan fingerprint density at radius 1 is 1.73 bits per heavy atom. The van der Waals surface area contributed by atoms with Crippen LogP contribution >= 0.6 is 0 Å². The summed E-state index contributed by atoms with van der Waals surface area (Å²) in [4.78, 5) is 4.17.